The highest BCUT2D eigenvalue weighted by Gasteiger charge is 2.24. The Morgan fingerprint density at radius 3 is 2.41 bits per heavy atom. The summed E-state index contributed by atoms with van der Waals surface area (Å²) in [7, 11) is 4.05. The molecule has 0 aliphatic carbocycles. The van der Waals surface area contributed by atoms with Crippen LogP contribution in [0.15, 0.2) is 22.5 Å². The van der Waals surface area contributed by atoms with Crippen molar-refractivity contribution in [1.29, 1.82) is 0 Å². The first-order chi connectivity index (χ1) is 13.7. The first-order valence-electron chi connectivity index (χ1n) is 10.4. The van der Waals surface area contributed by atoms with Gasteiger partial charge in [0.15, 0.2) is 5.96 Å². The first-order valence-corrected chi connectivity index (χ1v) is 11.3. The monoisotopic (exact) mass is 536 g/mol. The van der Waals surface area contributed by atoms with E-state index >= 15 is 0 Å². The predicted molar refractivity (Wildman–Crippen MR) is 133 cm³/mol. The summed E-state index contributed by atoms with van der Waals surface area (Å²) in [4.78, 5) is 13.3. The summed E-state index contributed by atoms with van der Waals surface area (Å²) in [6, 6.07) is 5.23. The van der Waals surface area contributed by atoms with E-state index in [0.717, 1.165) is 71.5 Å². The summed E-state index contributed by atoms with van der Waals surface area (Å²) < 4.78 is 5.54. The van der Waals surface area contributed by atoms with Crippen LogP contribution in [-0.2, 0) is 4.74 Å². The molecular weight excluding hydrogens is 499 g/mol. The van der Waals surface area contributed by atoms with Crippen LogP contribution < -0.4 is 10.6 Å². The number of nitrogens with zero attached hydrogens (tertiary/aromatic N) is 4. The van der Waals surface area contributed by atoms with Gasteiger partial charge < -0.3 is 20.3 Å². The van der Waals surface area contributed by atoms with E-state index in [0.29, 0.717) is 12.1 Å². The zero-order valence-electron chi connectivity index (χ0n) is 18.0. The fourth-order valence-corrected chi connectivity index (χ4v) is 4.69. The van der Waals surface area contributed by atoms with Crippen molar-refractivity contribution in [3.63, 3.8) is 0 Å². The molecule has 0 spiro atoms. The van der Waals surface area contributed by atoms with Crippen molar-refractivity contribution < 1.29 is 4.74 Å². The second-order valence-corrected chi connectivity index (χ2v) is 8.68. The Hall–Kier alpha value is -0.460. The van der Waals surface area contributed by atoms with E-state index in [4.69, 9.17) is 4.74 Å². The molecule has 0 amide bonds. The minimum absolute atomic E-state index is 0. The van der Waals surface area contributed by atoms with Crippen molar-refractivity contribution in [3.8, 4) is 0 Å². The van der Waals surface area contributed by atoms with Gasteiger partial charge in [0.05, 0.1) is 19.3 Å². The molecule has 2 unspecified atom stereocenters. The lowest BCUT2D eigenvalue weighted by molar-refractivity contribution is 0.0177. The van der Waals surface area contributed by atoms with E-state index < -0.39 is 0 Å². The van der Waals surface area contributed by atoms with Crippen LogP contribution in [-0.4, -0.2) is 106 Å². The number of rotatable bonds is 7. The molecule has 9 heteroatoms. The Labute approximate surface area is 196 Å². The number of hydrogen-bond acceptors (Lipinski definition) is 6. The Balaban J connectivity index is 0.00000300. The number of nitrogens with one attached hydrogen (secondary N) is 2. The number of guanidine groups is 1. The number of piperazine rings is 1. The lowest BCUT2D eigenvalue weighted by Crippen LogP contribution is -2.53. The molecule has 2 aliphatic rings. The number of ether oxygens (including phenoxy) is 1. The molecule has 7 nitrogen and oxygen atoms in total. The molecule has 29 heavy (non-hydrogen) atoms. The summed E-state index contributed by atoms with van der Waals surface area (Å²) >= 11 is 1.83. The number of hydrogen-bond donors (Lipinski definition) is 2. The van der Waals surface area contributed by atoms with Crippen LogP contribution in [0.4, 0.5) is 0 Å². The SMILES string of the molecule is CN=C(NCC(C)N1CCN(C)CC1)NCC(c1cccs1)N1CCOCC1.I. The Morgan fingerprint density at radius 1 is 1.10 bits per heavy atom. The van der Waals surface area contributed by atoms with Crippen molar-refractivity contribution in [3.05, 3.63) is 22.4 Å². The molecule has 2 aliphatic heterocycles. The van der Waals surface area contributed by atoms with Crippen LogP contribution in [0.25, 0.3) is 0 Å². The van der Waals surface area contributed by atoms with E-state index in [1.54, 1.807) is 0 Å². The van der Waals surface area contributed by atoms with Gasteiger partial charge in [0.2, 0.25) is 0 Å². The highest BCUT2D eigenvalue weighted by molar-refractivity contribution is 14.0. The number of aliphatic imine (C=N–C) groups is 1. The molecule has 0 bridgehead atoms. The molecule has 1 aromatic heterocycles. The quantitative estimate of drug-likeness (QED) is 0.314. The van der Waals surface area contributed by atoms with E-state index in [2.05, 4.69) is 61.8 Å². The fraction of sp³-hybridized carbons (Fsp3) is 0.750. The Morgan fingerprint density at radius 2 is 1.79 bits per heavy atom. The maximum absolute atomic E-state index is 5.54. The van der Waals surface area contributed by atoms with Gasteiger partial charge in [0.25, 0.3) is 0 Å². The van der Waals surface area contributed by atoms with Gasteiger partial charge in [-0.25, -0.2) is 0 Å². The molecule has 2 fully saturated rings. The van der Waals surface area contributed by atoms with E-state index in [-0.39, 0.29) is 24.0 Å². The molecule has 3 heterocycles. The van der Waals surface area contributed by atoms with E-state index in [1.165, 1.54) is 4.88 Å². The van der Waals surface area contributed by atoms with Gasteiger partial charge in [-0.2, -0.15) is 0 Å². The number of likely N-dealkylation sites (N-methyl/N-ethyl adjacent to an activating group) is 1. The van der Waals surface area contributed by atoms with Gasteiger partial charge in [-0.1, -0.05) is 6.07 Å². The minimum atomic E-state index is 0. The Bertz CT molecular complexity index is 588. The number of thiophene rings is 1. The highest BCUT2D eigenvalue weighted by atomic mass is 127. The third-order valence-corrected chi connectivity index (χ3v) is 6.74. The van der Waals surface area contributed by atoms with Crippen LogP contribution in [0.5, 0.6) is 0 Å². The van der Waals surface area contributed by atoms with Crippen molar-refractivity contribution in [2.75, 3.05) is 79.7 Å². The van der Waals surface area contributed by atoms with Crippen LogP contribution in [0.1, 0.15) is 17.8 Å². The Kier molecular flexibility index (Phi) is 11.2. The maximum Gasteiger partial charge on any atom is 0.191 e. The van der Waals surface area contributed by atoms with E-state index in [9.17, 15) is 0 Å². The second-order valence-electron chi connectivity index (χ2n) is 7.70. The maximum atomic E-state index is 5.54. The zero-order valence-corrected chi connectivity index (χ0v) is 21.1. The first kappa shape index (κ1) is 24.8. The number of halogens is 1. The van der Waals surface area contributed by atoms with Crippen LogP contribution >= 0.6 is 35.3 Å². The highest BCUT2D eigenvalue weighted by Crippen LogP contribution is 2.25. The lowest BCUT2D eigenvalue weighted by Gasteiger charge is -2.37. The minimum Gasteiger partial charge on any atom is -0.379 e. The molecule has 2 saturated heterocycles. The van der Waals surface area contributed by atoms with Gasteiger partial charge in [-0.05, 0) is 25.4 Å². The normalized spacial score (nSPS) is 22.0. The molecule has 1 aromatic rings. The average molecular weight is 537 g/mol. The molecule has 0 aromatic carbocycles. The van der Waals surface area contributed by atoms with Crippen LogP contribution in [0.2, 0.25) is 0 Å². The van der Waals surface area contributed by atoms with Crippen LogP contribution in [0, 0.1) is 0 Å². The van der Waals surface area contributed by atoms with E-state index in [1.807, 2.05) is 18.4 Å². The third-order valence-electron chi connectivity index (χ3n) is 5.77. The zero-order chi connectivity index (χ0) is 19.8. The summed E-state index contributed by atoms with van der Waals surface area (Å²) in [5, 5.41) is 9.24. The molecule has 2 N–H and O–H groups in total. The third kappa shape index (κ3) is 7.62. The average Bonchev–Trinajstić information content (AvgIpc) is 3.26. The molecular formula is C20H37IN6OS. The fourth-order valence-electron chi connectivity index (χ4n) is 3.83. The van der Waals surface area contributed by atoms with Gasteiger partial charge in [0.1, 0.15) is 0 Å². The second kappa shape index (κ2) is 13.1. The summed E-state index contributed by atoms with van der Waals surface area (Å²) in [6.07, 6.45) is 0. The van der Waals surface area contributed by atoms with Gasteiger partial charge in [-0.3, -0.25) is 14.8 Å². The van der Waals surface area contributed by atoms with Gasteiger partial charge in [-0.15, -0.1) is 35.3 Å². The smallest absolute Gasteiger partial charge is 0.191 e. The van der Waals surface area contributed by atoms with Gasteiger partial charge in [0, 0.05) is 70.3 Å². The molecule has 3 rings (SSSR count). The molecule has 2 atom stereocenters. The predicted octanol–water partition coefficient (Wildman–Crippen LogP) is 1.54. The standard InChI is InChI=1S/C20H36N6OS.HI/c1-17(25-8-6-24(3)7-9-25)15-22-20(21-2)23-16-18(19-5-4-14-28-19)26-10-12-27-13-11-26;/h4-5,14,17-18H,6-13,15-16H2,1-3H3,(H2,21,22,23);1H. The number of morpholine rings is 1. The topological polar surface area (TPSA) is 55.4 Å². The van der Waals surface area contributed by atoms with Crippen LogP contribution in [0.3, 0.4) is 0 Å². The van der Waals surface area contributed by atoms with Crippen molar-refractivity contribution in [1.82, 2.24) is 25.3 Å². The summed E-state index contributed by atoms with van der Waals surface area (Å²) in [5.74, 6) is 0.885. The molecule has 0 saturated carbocycles. The molecule has 166 valence electrons. The van der Waals surface area contributed by atoms with Crippen molar-refractivity contribution >= 4 is 41.3 Å². The molecule has 0 radical (unpaired) electrons. The van der Waals surface area contributed by atoms with Gasteiger partial charge >= 0.3 is 0 Å². The largest absolute Gasteiger partial charge is 0.379 e. The van der Waals surface area contributed by atoms with Crippen molar-refractivity contribution in [2.45, 2.75) is 19.0 Å². The lowest BCUT2D eigenvalue weighted by atomic mass is 10.2. The summed E-state index contributed by atoms with van der Waals surface area (Å²) in [5.41, 5.74) is 0. The van der Waals surface area contributed by atoms with Crippen molar-refractivity contribution in [2.24, 2.45) is 4.99 Å². The summed E-state index contributed by atoms with van der Waals surface area (Å²) in [6.45, 7) is 12.2.